The van der Waals surface area contributed by atoms with Crippen molar-refractivity contribution >= 4 is 11.6 Å². The summed E-state index contributed by atoms with van der Waals surface area (Å²) < 4.78 is 4.96. The van der Waals surface area contributed by atoms with E-state index >= 15 is 0 Å². The molecule has 23 heavy (non-hydrogen) atoms. The number of methoxy groups -OCH3 is 1. The van der Waals surface area contributed by atoms with Crippen LogP contribution in [0.2, 0.25) is 0 Å². The maximum absolute atomic E-state index is 12.1. The first-order valence-corrected chi connectivity index (χ1v) is 7.70. The Balaban J connectivity index is 1.90. The molecule has 2 aromatic rings. The van der Waals surface area contributed by atoms with Crippen LogP contribution in [0.1, 0.15) is 27.9 Å². The van der Waals surface area contributed by atoms with E-state index in [1.165, 1.54) is 11.1 Å². The highest BCUT2D eigenvalue weighted by molar-refractivity contribution is 5.94. The van der Waals surface area contributed by atoms with Crippen LogP contribution in [-0.2, 0) is 11.3 Å². The lowest BCUT2D eigenvalue weighted by Crippen LogP contribution is -2.25. The van der Waals surface area contributed by atoms with Crippen molar-refractivity contribution in [2.45, 2.75) is 19.9 Å². The quantitative estimate of drug-likeness (QED) is 0.736. The van der Waals surface area contributed by atoms with Crippen LogP contribution in [0.3, 0.4) is 0 Å². The zero-order chi connectivity index (χ0) is 16.5. The molecule has 0 fully saturated rings. The Bertz CT molecular complexity index is 644. The molecule has 1 amide bonds. The molecule has 0 bridgehead atoms. The molecule has 0 aliphatic heterocycles. The Labute approximate surface area is 137 Å². The number of pyridine rings is 1. The average molecular weight is 313 g/mol. The number of ether oxygens (including phenoxy) is 1. The standard InChI is InChI=1S/C18H23N3O2/c1-14-5-3-6-15(9-14)11-21-17-10-16(12-19-13-17)18(22)20-7-4-8-23-2/h3,5-6,9-10,12-13,21H,4,7-8,11H2,1-2H3,(H,20,22). The summed E-state index contributed by atoms with van der Waals surface area (Å²) in [4.78, 5) is 16.2. The fourth-order valence-electron chi connectivity index (χ4n) is 2.21. The van der Waals surface area contributed by atoms with Gasteiger partial charge in [0.05, 0.1) is 11.3 Å². The average Bonchev–Trinajstić information content (AvgIpc) is 2.57. The highest BCUT2D eigenvalue weighted by Crippen LogP contribution is 2.11. The van der Waals surface area contributed by atoms with Gasteiger partial charge in [0.2, 0.25) is 0 Å². The van der Waals surface area contributed by atoms with Gasteiger partial charge >= 0.3 is 0 Å². The zero-order valence-corrected chi connectivity index (χ0v) is 13.6. The summed E-state index contributed by atoms with van der Waals surface area (Å²) in [7, 11) is 1.65. The van der Waals surface area contributed by atoms with Gasteiger partial charge in [-0.3, -0.25) is 9.78 Å². The minimum atomic E-state index is -0.118. The molecular weight excluding hydrogens is 290 g/mol. The Morgan fingerprint density at radius 2 is 2.13 bits per heavy atom. The third-order valence-corrected chi connectivity index (χ3v) is 3.39. The highest BCUT2D eigenvalue weighted by Gasteiger charge is 2.06. The lowest BCUT2D eigenvalue weighted by Gasteiger charge is -2.09. The summed E-state index contributed by atoms with van der Waals surface area (Å²) in [5, 5.41) is 6.15. The maximum Gasteiger partial charge on any atom is 0.252 e. The van der Waals surface area contributed by atoms with E-state index in [9.17, 15) is 4.79 Å². The van der Waals surface area contributed by atoms with E-state index in [2.05, 4.69) is 40.7 Å². The van der Waals surface area contributed by atoms with Crippen molar-refractivity contribution in [3.8, 4) is 0 Å². The summed E-state index contributed by atoms with van der Waals surface area (Å²) in [6.07, 6.45) is 4.09. The number of benzene rings is 1. The summed E-state index contributed by atoms with van der Waals surface area (Å²) >= 11 is 0. The first-order valence-electron chi connectivity index (χ1n) is 7.70. The van der Waals surface area contributed by atoms with Crippen molar-refractivity contribution in [3.05, 3.63) is 59.4 Å². The van der Waals surface area contributed by atoms with Crippen molar-refractivity contribution in [1.29, 1.82) is 0 Å². The van der Waals surface area contributed by atoms with Gasteiger partial charge in [0.15, 0.2) is 0 Å². The molecule has 1 aromatic carbocycles. The van der Waals surface area contributed by atoms with Crippen LogP contribution in [-0.4, -0.2) is 31.2 Å². The Morgan fingerprint density at radius 1 is 1.26 bits per heavy atom. The summed E-state index contributed by atoms with van der Waals surface area (Å²) in [5.41, 5.74) is 3.80. The number of carbonyl (C=O) groups excluding carboxylic acids is 1. The molecule has 0 spiro atoms. The minimum Gasteiger partial charge on any atom is -0.385 e. The zero-order valence-electron chi connectivity index (χ0n) is 13.6. The Morgan fingerprint density at radius 3 is 2.91 bits per heavy atom. The number of anilines is 1. The van der Waals surface area contributed by atoms with Gasteiger partial charge in [-0.2, -0.15) is 0 Å². The van der Waals surface area contributed by atoms with Gasteiger partial charge in [0.1, 0.15) is 0 Å². The van der Waals surface area contributed by atoms with E-state index in [0.717, 1.165) is 12.1 Å². The molecule has 2 rings (SSSR count). The Kier molecular flexibility index (Phi) is 6.56. The molecule has 2 N–H and O–H groups in total. The second-order valence-electron chi connectivity index (χ2n) is 5.41. The highest BCUT2D eigenvalue weighted by atomic mass is 16.5. The van der Waals surface area contributed by atoms with E-state index < -0.39 is 0 Å². The van der Waals surface area contributed by atoms with Crippen LogP contribution >= 0.6 is 0 Å². The van der Waals surface area contributed by atoms with Crippen molar-refractivity contribution in [2.24, 2.45) is 0 Å². The smallest absolute Gasteiger partial charge is 0.252 e. The van der Waals surface area contributed by atoms with Crippen molar-refractivity contribution in [2.75, 3.05) is 25.6 Å². The van der Waals surface area contributed by atoms with E-state index in [1.807, 2.05) is 12.1 Å². The van der Waals surface area contributed by atoms with Gasteiger partial charge < -0.3 is 15.4 Å². The van der Waals surface area contributed by atoms with Crippen LogP contribution in [0.25, 0.3) is 0 Å². The predicted octanol–water partition coefficient (Wildman–Crippen LogP) is 2.77. The van der Waals surface area contributed by atoms with E-state index in [-0.39, 0.29) is 5.91 Å². The van der Waals surface area contributed by atoms with Crippen molar-refractivity contribution < 1.29 is 9.53 Å². The molecule has 5 heteroatoms. The molecule has 0 saturated carbocycles. The summed E-state index contributed by atoms with van der Waals surface area (Å²) in [6.45, 7) is 3.99. The SMILES string of the molecule is COCCCNC(=O)c1cncc(NCc2cccc(C)c2)c1. The van der Waals surface area contributed by atoms with Crippen molar-refractivity contribution in [1.82, 2.24) is 10.3 Å². The molecule has 0 aliphatic rings. The number of hydrogen-bond donors (Lipinski definition) is 2. The van der Waals surface area contributed by atoms with Crippen LogP contribution < -0.4 is 10.6 Å². The molecule has 0 aliphatic carbocycles. The van der Waals surface area contributed by atoms with Gasteiger partial charge in [-0.25, -0.2) is 0 Å². The third kappa shape index (κ3) is 5.71. The Hall–Kier alpha value is -2.40. The van der Waals surface area contributed by atoms with E-state index in [0.29, 0.717) is 25.3 Å². The molecular formula is C18H23N3O2. The number of amides is 1. The number of hydrogen-bond acceptors (Lipinski definition) is 4. The normalized spacial score (nSPS) is 10.3. The minimum absolute atomic E-state index is 0.118. The first kappa shape index (κ1) is 17.0. The van der Waals surface area contributed by atoms with Gasteiger partial charge in [-0.15, -0.1) is 0 Å². The molecule has 0 atom stereocenters. The van der Waals surface area contributed by atoms with Crippen LogP contribution in [0, 0.1) is 6.92 Å². The second kappa shape index (κ2) is 8.90. The fraction of sp³-hybridized carbons (Fsp3) is 0.333. The van der Waals surface area contributed by atoms with E-state index in [4.69, 9.17) is 4.74 Å². The second-order valence-corrected chi connectivity index (χ2v) is 5.41. The monoisotopic (exact) mass is 313 g/mol. The molecule has 0 radical (unpaired) electrons. The molecule has 5 nitrogen and oxygen atoms in total. The number of carbonyl (C=O) groups is 1. The van der Waals surface area contributed by atoms with Gasteiger partial charge in [-0.1, -0.05) is 29.8 Å². The molecule has 1 heterocycles. The molecule has 122 valence electrons. The van der Waals surface area contributed by atoms with Gasteiger partial charge in [0, 0.05) is 39.2 Å². The largest absolute Gasteiger partial charge is 0.385 e. The summed E-state index contributed by atoms with van der Waals surface area (Å²) in [5.74, 6) is -0.118. The number of rotatable bonds is 8. The first-order chi connectivity index (χ1) is 11.2. The lowest BCUT2D eigenvalue weighted by atomic mass is 10.1. The number of nitrogens with one attached hydrogen (secondary N) is 2. The van der Waals surface area contributed by atoms with Crippen LogP contribution in [0.15, 0.2) is 42.7 Å². The number of aryl methyl sites for hydroxylation is 1. The maximum atomic E-state index is 12.1. The van der Waals surface area contributed by atoms with Crippen LogP contribution in [0.5, 0.6) is 0 Å². The number of aromatic nitrogens is 1. The van der Waals surface area contributed by atoms with Gasteiger partial charge in [-0.05, 0) is 25.0 Å². The lowest BCUT2D eigenvalue weighted by molar-refractivity contribution is 0.0948. The summed E-state index contributed by atoms with van der Waals surface area (Å²) in [6, 6.07) is 10.1. The predicted molar refractivity (Wildman–Crippen MR) is 91.6 cm³/mol. The van der Waals surface area contributed by atoms with Gasteiger partial charge in [0.25, 0.3) is 5.91 Å². The van der Waals surface area contributed by atoms with Crippen molar-refractivity contribution in [3.63, 3.8) is 0 Å². The molecule has 0 saturated heterocycles. The molecule has 0 unspecified atom stereocenters. The topological polar surface area (TPSA) is 63.2 Å². The fourth-order valence-corrected chi connectivity index (χ4v) is 2.21. The van der Waals surface area contributed by atoms with E-state index in [1.54, 1.807) is 19.5 Å². The number of nitrogens with zero attached hydrogens (tertiary/aromatic N) is 1. The van der Waals surface area contributed by atoms with Crippen LogP contribution in [0.4, 0.5) is 5.69 Å². The molecule has 1 aromatic heterocycles. The third-order valence-electron chi connectivity index (χ3n) is 3.39.